The molecule has 0 aliphatic carbocycles. The first kappa shape index (κ1) is 24.5. The fraction of sp³-hybridized carbons (Fsp3) is 0.304. The Balaban J connectivity index is 1.93. The molecule has 0 saturated heterocycles. The van der Waals surface area contributed by atoms with E-state index in [0.29, 0.717) is 30.0 Å². The van der Waals surface area contributed by atoms with Gasteiger partial charge in [-0.3, -0.25) is 4.79 Å². The third-order valence-electron chi connectivity index (χ3n) is 5.38. The first-order valence-electron chi connectivity index (χ1n) is 10.5. The second-order valence-electron chi connectivity index (χ2n) is 7.59. The summed E-state index contributed by atoms with van der Waals surface area (Å²) in [6.45, 7) is 7.43. The van der Waals surface area contributed by atoms with Gasteiger partial charge in [0, 0.05) is 29.8 Å². The van der Waals surface area contributed by atoms with Gasteiger partial charge in [-0.2, -0.15) is 9.40 Å². The summed E-state index contributed by atoms with van der Waals surface area (Å²) >= 11 is 0. The van der Waals surface area contributed by atoms with Crippen molar-refractivity contribution >= 4 is 21.7 Å². The van der Waals surface area contributed by atoms with Crippen LogP contribution in [0.1, 0.15) is 40.9 Å². The molecule has 0 aliphatic rings. The molecule has 0 atom stereocenters. The van der Waals surface area contributed by atoms with E-state index in [0.717, 1.165) is 18.2 Å². The number of halogens is 2. The summed E-state index contributed by atoms with van der Waals surface area (Å²) in [5.41, 5.74) is 1.47. The lowest BCUT2D eigenvalue weighted by molar-refractivity contribution is 0.102. The van der Waals surface area contributed by atoms with E-state index < -0.39 is 27.6 Å². The Morgan fingerprint density at radius 3 is 2.42 bits per heavy atom. The zero-order valence-electron chi connectivity index (χ0n) is 18.9. The highest BCUT2D eigenvalue weighted by Crippen LogP contribution is 2.23. The molecule has 0 aliphatic heterocycles. The molecule has 1 heterocycles. The van der Waals surface area contributed by atoms with Crippen molar-refractivity contribution in [1.82, 2.24) is 14.1 Å². The molecule has 10 heteroatoms. The highest BCUT2D eigenvalue weighted by molar-refractivity contribution is 7.89. The van der Waals surface area contributed by atoms with Gasteiger partial charge in [-0.1, -0.05) is 19.9 Å². The summed E-state index contributed by atoms with van der Waals surface area (Å²) in [7, 11) is -3.74. The molecule has 2 aromatic carbocycles. The first-order chi connectivity index (χ1) is 15.6. The largest absolute Gasteiger partial charge is 0.307 e. The molecule has 0 spiro atoms. The number of nitrogens with one attached hydrogen (secondary N) is 1. The normalized spacial score (nSPS) is 11.7. The second-order valence-corrected chi connectivity index (χ2v) is 9.53. The topological polar surface area (TPSA) is 84.3 Å². The summed E-state index contributed by atoms with van der Waals surface area (Å²) in [5, 5.41) is 6.91. The average Bonchev–Trinajstić information content (AvgIpc) is 3.10. The van der Waals surface area contributed by atoms with Crippen molar-refractivity contribution in [2.45, 2.75) is 39.1 Å². The number of hydrogen-bond donors (Lipinski definition) is 1. The summed E-state index contributed by atoms with van der Waals surface area (Å²) in [6, 6.07) is 7.53. The van der Waals surface area contributed by atoms with Crippen molar-refractivity contribution in [1.29, 1.82) is 0 Å². The van der Waals surface area contributed by atoms with Crippen LogP contribution in [-0.4, -0.2) is 41.5 Å². The Morgan fingerprint density at radius 1 is 1.06 bits per heavy atom. The lowest BCUT2D eigenvalue weighted by atomic mass is 10.1. The Morgan fingerprint density at radius 2 is 1.76 bits per heavy atom. The van der Waals surface area contributed by atoms with Gasteiger partial charge in [0.05, 0.1) is 17.6 Å². The first-order valence-corrected chi connectivity index (χ1v) is 11.9. The van der Waals surface area contributed by atoms with Crippen molar-refractivity contribution in [3.05, 3.63) is 76.5 Å². The van der Waals surface area contributed by atoms with Crippen molar-refractivity contribution in [3.8, 4) is 0 Å². The molecule has 1 aromatic heterocycles. The maximum absolute atomic E-state index is 14.1. The molecule has 0 radical (unpaired) electrons. The fourth-order valence-corrected chi connectivity index (χ4v) is 4.97. The number of amides is 1. The Labute approximate surface area is 192 Å². The third kappa shape index (κ3) is 5.12. The highest BCUT2D eigenvalue weighted by Gasteiger charge is 2.24. The molecular formula is C23H26F2N4O3S. The van der Waals surface area contributed by atoms with Gasteiger partial charge in [-0.25, -0.2) is 21.9 Å². The van der Waals surface area contributed by atoms with Crippen LogP contribution in [-0.2, 0) is 16.6 Å². The van der Waals surface area contributed by atoms with Gasteiger partial charge in [0.25, 0.3) is 5.91 Å². The van der Waals surface area contributed by atoms with E-state index in [2.05, 4.69) is 10.4 Å². The molecule has 3 aromatic rings. The van der Waals surface area contributed by atoms with Gasteiger partial charge in [0.2, 0.25) is 10.0 Å². The second kappa shape index (κ2) is 9.80. The number of hydrogen-bond acceptors (Lipinski definition) is 4. The summed E-state index contributed by atoms with van der Waals surface area (Å²) < 4.78 is 56.1. The van der Waals surface area contributed by atoms with E-state index >= 15 is 0 Å². The number of nitrogens with zero attached hydrogens (tertiary/aromatic N) is 3. The van der Waals surface area contributed by atoms with E-state index in [-0.39, 0.29) is 22.6 Å². The van der Waals surface area contributed by atoms with Gasteiger partial charge in [-0.15, -0.1) is 0 Å². The molecular weight excluding hydrogens is 450 g/mol. The van der Waals surface area contributed by atoms with Crippen LogP contribution >= 0.6 is 0 Å². The zero-order chi connectivity index (χ0) is 24.3. The Bertz CT molecular complexity index is 1280. The minimum atomic E-state index is -3.74. The fourth-order valence-electron chi connectivity index (χ4n) is 3.48. The average molecular weight is 477 g/mol. The summed E-state index contributed by atoms with van der Waals surface area (Å²) in [4.78, 5) is 13.1. The standard InChI is InChI=1S/C23H26F2N4O3S/c1-5-28(6-2)33(31,32)19-9-7-15(3)20(12-19)23(30)27-22-16(4)13-26-29(22)14-17-11-18(24)8-10-21(17)25/h7-13H,5-6,14H2,1-4H3,(H,27,30). The minimum Gasteiger partial charge on any atom is -0.307 e. The number of rotatable bonds is 8. The van der Waals surface area contributed by atoms with E-state index in [4.69, 9.17) is 0 Å². The maximum atomic E-state index is 14.1. The number of benzene rings is 2. The van der Waals surface area contributed by atoms with Crippen LogP contribution in [0.4, 0.5) is 14.6 Å². The van der Waals surface area contributed by atoms with Gasteiger partial charge >= 0.3 is 0 Å². The van der Waals surface area contributed by atoms with Gasteiger partial charge in [-0.05, 0) is 49.7 Å². The smallest absolute Gasteiger partial charge is 0.257 e. The van der Waals surface area contributed by atoms with Crippen molar-refractivity contribution in [2.24, 2.45) is 0 Å². The number of aryl methyl sites for hydroxylation is 2. The molecule has 3 rings (SSSR count). The van der Waals surface area contributed by atoms with E-state index in [9.17, 15) is 22.0 Å². The van der Waals surface area contributed by atoms with Crippen LogP contribution in [0.3, 0.4) is 0 Å². The molecule has 1 N–H and O–H groups in total. The SMILES string of the molecule is CCN(CC)S(=O)(=O)c1ccc(C)c(C(=O)Nc2c(C)cnn2Cc2cc(F)ccc2F)c1. The molecule has 0 fully saturated rings. The number of aromatic nitrogens is 2. The molecule has 0 saturated carbocycles. The van der Waals surface area contributed by atoms with Crippen LogP contribution < -0.4 is 5.32 Å². The number of sulfonamides is 1. The lowest BCUT2D eigenvalue weighted by Crippen LogP contribution is -2.31. The number of carbonyl (C=O) groups is 1. The van der Waals surface area contributed by atoms with Crippen LogP contribution in [0.15, 0.2) is 47.5 Å². The van der Waals surface area contributed by atoms with E-state index in [1.54, 1.807) is 33.8 Å². The van der Waals surface area contributed by atoms with Crippen molar-refractivity contribution in [2.75, 3.05) is 18.4 Å². The van der Waals surface area contributed by atoms with Crippen LogP contribution in [0.5, 0.6) is 0 Å². The monoisotopic (exact) mass is 476 g/mol. The van der Waals surface area contributed by atoms with Gasteiger partial charge < -0.3 is 5.32 Å². The van der Waals surface area contributed by atoms with Crippen LogP contribution in [0.25, 0.3) is 0 Å². The van der Waals surface area contributed by atoms with Crippen molar-refractivity contribution in [3.63, 3.8) is 0 Å². The van der Waals surface area contributed by atoms with E-state index in [1.807, 2.05) is 0 Å². The highest BCUT2D eigenvalue weighted by atomic mass is 32.2. The Kier molecular flexibility index (Phi) is 7.28. The number of anilines is 1. The molecule has 33 heavy (non-hydrogen) atoms. The Hall–Kier alpha value is -3.11. The number of carbonyl (C=O) groups excluding carboxylic acids is 1. The van der Waals surface area contributed by atoms with Crippen LogP contribution in [0.2, 0.25) is 0 Å². The molecule has 0 unspecified atom stereocenters. The summed E-state index contributed by atoms with van der Waals surface area (Å²) in [6.07, 6.45) is 1.50. The minimum absolute atomic E-state index is 0.0222. The predicted molar refractivity (Wildman–Crippen MR) is 122 cm³/mol. The third-order valence-corrected chi connectivity index (χ3v) is 7.42. The van der Waals surface area contributed by atoms with Gasteiger partial charge in [0.15, 0.2) is 0 Å². The summed E-state index contributed by atoms with van der Waals surface area (Å²) in [5.74, 6) is -1.40. The molecule has 0 bridgehead atoms. The maximum Gasteiger partial charge on any atom is 0.257 e. The van der Waals surface area contributed by atoms with Crippen molar-refractivity contribution < 1.29 is 22.0 Å². The van der Waals surface area contributed by atoms with Gasteiger partial charge in [0.1, 0.15) is 17.5 Å². The quantitative estimate of drug-likeness (QED) is 0.530. The lowest BCUT2D eigenvalue weighted by Gasteiger charge is -2.19. The predicted octanol–water partition coefficient (Wildman–Crippen LogP) is 4.11. The van der Waals surface area contributed by atoms with E-state index in [1.165, 1.54) is 27.3 Å². The molecule has 1 amide bonds. The van der Waals surface area contributed by atoms with Crippen LogP contribution in [0, 0.1) is 25.5 Å². The molecule has 7 nitrogen and oxygen atoms in total. The molecule has 176 valence electrons. The zero-order valence-corrected chi connectivity index (χ0v) is 19.7.